The molecule has 0 unspecified atom stereocenters. The van der Waals surface area contributed by atoms with E-state index in [0.717, 1.165) is 30.5 Å². The Balaban J connectivity index is 1.44. The fourth-order valence-corrected chi connectivity index (χ4v) is 4.41. The molecule has 3 nitrogen and oxygen atoms in total. The predicted molar refractivity (Wildman–Crippen MR) is 128 cm³/mol. The molecule has 1 heterocycles. The fourth-order valence-electron chi connectivity index (χ4n) is 4.41. The van der Waals surface area contributed by atoms with E-state index in [1.54, 1.807) is 0 Å². The first-order chi connectivity index (χ1) is 15.8. The van der Waals surface area contributed by atoms with Crippen LogP contribution in [0.3, 0.4) is 0 Å². The maximum absolute atomic E-state index is 14.0. The van der Waals surface area contributed by atoms with Gasteiger partial charge in [-0.25, -0.2) is 0 Å². The Morgan fingerprint density at radius 1 is 0.781 bits per heavy atom. The third-order valence-electron chi connectivity index (χ3n) is 6.24. The van der Waals surface area contributed by atoms with Crippen LogP contribution in [0.4, 0.5) is 0 Å². The molecule has 1 saturated carbocycles. The standard InChI is InChI=1S/C29H28N2O/c32-29(28(24-13-6-2-7-14-24)25-15-8-3-9-16-25)31(26-18-19-26)22-27-17-10-20-30(27)21-23-11-4-1-5-12-23/h1-17,20,26,28H,18-19,21-22H2. The number of benzene rings is 3. The lowest BCUT2D eigenvalue weighted by Crippen LogP contribution is -2.37. The van der Waals surface area contributed by atoms with Crippen molar-refractivity contribution < 1.29 is 4.79 Å². The number of amides is 1. The Hall–Kier alpha value is -3.59. The van der Waals surface area contributed by atoms with Crippen LogP contribution < -0.4 is 0 Å². The molecule has 32 heavy (non-hydrogen) atoms. The van der Waals surface area contributed by atoms with Gasteiger partial charge in [-0.15, -0.1) is 0 Å². The second-order valence-corrected chi connectivity index (χ2v) is 8.56. The highest BCUT2D eigenvalue weighted by atomic mass is 16.2. The lowest BCUT2D eigenvalue weighted by atomic mass is 9.90. The van der Waals surface area contributed by atoms with Gasteiger partial charge in [0.15, 0.2) is 0 Å². The lowest BCUT2D eigenvalue weighted by molar-refractivity contribution is -0.133. The number of hydrogen-bond donors (Lipinski definition) is 0. The van der Waals surface area contributed by atoms with E-state index >= 15 is 0 Å². The number of nitrogens with zero attached hydrogens (tertiary/aromatic N) is 2. The van der Waals surface area contributed by atoms with Gasteiger partial charge in [0.05, 0.1) is 12.5 Å². The van der Waals surface area contributed by atoms with Crippen molar-refractivity contribution in [3.05, 3.63) is 132 Å². The Morgan fingerprint density at radius 3 is 1.91 bits per heavy atom. The van der Waals surface area contributed by atoms with Crippen molar-refractivity contribution in [2.45, 2.75) is 37.9 Å². The van der Waals surface area contributed by atoms with Crippen molar-refractivity contribution in [3.8, 4) is 0 Å². The van der Waals surface area contributed by atoms with Gasteiger partial charge in [0.1, 0.15) is 0 Å². The summed E-state index contributed by atoms with van der Waals surface area (Å²) in [7, 11) is 0. The molecule has 160 valence electrons. The maximum Gasteiger partial charge on any atom is 0.235 e. The third kappa shape index (κ3) is 4.52. The van der Waals surface area contributed by atoms with Crippen LogP contribution in [0.5, 0.6) is 0 Å². The van der Waals surface area contributed by atoms with Crippen LogP contribution >= 0.6 is 0 Å². The average molecular weight is 421 g/mol. The Morgan fingerprint density at radius 2 is 1.34 bits per heavy atom. The Kier molecular flexibility index (Phi) is 5.89. The minimum Gasteiger partial charge on any atom is -0.345 e. The molecule has 0 saturated heterocycles. The summed E-state index contributed by atoms with van der Waals surface area (Å²) < 4.78 is 2.26. The monoisotopic (exact) mass is 420 g/mol. The molecule has 0 N–H and O–H groups in total. The lowest BCUT2D eigenvalue weighted by Gasteiger charge is -2.28. The molecule has 4 aromatic rings. The molecule has 0 aliphatic heterocycles. The molecule has 5 rings (SSSR count). The van der Waals surface area contributed by atoms with Crippen LogP contribution in [-0.4, -0.2) is 21.4 Å². The van der Waals surface area contributed by atoms with E-state index in [9.17, 15) is 4.79 Å². The zero-order chi connectivity index (χ0) is 21.8. The minimum atomic E-state index is -0.282. The van der Waals surface area contributed by atoms with Gasteiger partial charge >= 0.3 is 0 Å². The molecule has 0 bridgehead atoms. The summed E-state index contributed by atoms with van der Waals surface area (Å²) in [6, 6.07) is 35.4. The molecule has 1 fully saturated rings. The second kappa shape index (κ2) is 9.27. The van der Waals surface area contributed by atoms with Gasteiger partial charge in [-0.1, -0.05) is 91.0 Å². The molecule has 3 aromatic carbocycles. The zero-order valence-corrected chi connectivity index (χ0v) is 18.2. The molecule has 1 aromatic heterocycles. The summed E-state index contributed by atoms with van der Waals surface area (Å²) in [4.78, 5) is 16.2. The van der Waals surface area contributed by atoms with E-state index in [1.165, 1.54) is 11.3 Å². The molecule has 3 heteroatoms. The molecular formula is C29H28N2O. The van der Waals surface area contributed by atoms with Crippen LogP contribution in [0.15, 0.2) is 109 Å². The topological polar surface area (TPSA) is 25.2 Å². The van der Waals surface area contributed by atoms with Crippen molar-refractivity contribution >= 4 is 5.91 Å². The molecule has 0 radical (unpaired) electrons. The number of hydrogen-bond acceptors (Lipinski definition) is 1. The summed E-state index contributed by atoms with van der Waals surface area (Å²) in [5.74, 6) is -0.0899. The number of carbonyl (C=O) groups is 1. The van der Waals surface area contributed by atoms with Gasteiger partial charge in [-0.05, 0) is 41.7 Å². The molecular weight excluding hydrogens is 392 g/mol. The van der Waals surface area contributed by atoms with Gasteiger partial charge in [0.25, 0.3) is 0 Å². The van der Waals surface area contributed by atoms with Gasteiger partial charge in [-0.2, -0.15) is 0 Å². The summed E-state index contributed by atoms with van der Waals surface area (Å²) >= 11 is 0. The first-order valence-corrected chi connectivity index (χ1v) is 11.4. The van der Waals surface area contributed by atoms with Gasteiger partial charge in [-0.3, -0.25) is 4.79 Å². The molecule has 1 aliphatic rings. The SMILES string of the molecule is O=C(C(c1ccccc1)c1ccccc1)N(Cc1cccn1Cc1ccccc1)C1CC1. The Bertz CT molecular complexity index is 1110. The van der Waals surface area contributed by atoms with Crippen molar-refractivity contribution in [1.29, 1.82) is 0 Å². The van der Waals surface area contributed by atoms with Gasteiger partial charge < -0.3 is 9.47 Å². The summed E-state index contributed by atoms with van der Waals surface area (Å²) in [6.07, 6.45) is 4.28. The normalized spacial score (nSPS) is 13.3. The van der Waals surface area contributed by atoms with Crippen LogP contribution in [-0.2, 0) is 17.9 Å². The highest BCUT2D eigenvalue weighted by molar-refractivity contribution is 5.87. The molecule has 0 atom stereocenters. The van der Waals surface area contributed by atoms with Crippen LogP contribution in [0.1, 0.15) is 41.1 Å². The van der Waals surface area contributed by atoms with E-state index in [0.29, 0.717) is 12.6 Å². The van der Waals surface area contributed by atoms with Gasteiger partial charge in [0.2, 0.25) is 5.91 Å². The minimum absolute atomic E-state index is 0.192. The first kappa shape index (κ1) is 20.3. The Labute approximate surface area is 189 Å². The summed E-state index contributed by atoms with van der Waals surface area (Å²) in [6.45, 7) is 1.45. The fraction of sp³-hybridized carbons (Fsp3) is 0.207. The smallest absolute Gasteiger partial charge is 0.235 e. The van der Waals surface area contributed by atoms with Crippen LogP contribution in [0.2, 0.25) is 0 Å². The van der Waals surface area contributed by atoms with Crippen molar-refractivity contribution in [3.63, 3.8) is 0 Å². The molecule has 1 amide bonds. The first-order valence-electron chi connectivity index (χ1n) is 11.4. The largest absolute Gasteiger partial charge is 0.345 e. The highest BCUT2D eigenvalue weighted by Crippen LogP contribution is 2.34. The van der Waals surface area contributed by atoms with E-state index in [1.807, 2.05) is 42.5 Å². The molecule has 1 aliphatic carbocycles. The maximum atomic E-state index is 14.0. The number of aromatic nitrogens is 1. The van der Waals surface area contributed by atoms with Crippen LogP contribution in [0, 0.1) is 0 Å². The second-order valence-electron chi connectivity index (χ2n) is 8.56. The zero-order valence-electron chi connectivity index (χ0n) is 18.2. The quantitative estimate of drug-likeness (QED) is 0.350. The van der Waals surface area contributed by atoms with Crippen molar-refractivity contribution in [2.75, 3.05) is 0 Å². The third-order valence-corrected chi connectivity index (χ3v) is 6.24. The van der Waals surface area contributed by atoms with E-state index in [4.69, 9.17) is 0 Å². The molecule has 0 spiro atoms. The summed E-state index contributed by atoms with van der Waals surface area (Å²) in [5, 5.41) is 0. The van der Waals surface area contributed by atoms with Gasteiger partial charge in [0, 0.05) is 24.5 Å². The van der Waals surface area contributed by atoms with E-state index < -0.39 is 0 Å². The van der Waals surface area contributed by atoms with E-state index in [2.05, 4.69) is 76.3 Å². The summed E-state index contributed by atoms with van der Waals surface area (Å²) in [5.41, 5.74) is 4.54. The highest BCUT2D eigenvalue weighted by Gasteiger charge is 2.37. The predicted octanol–water partition coefficient (Wildman–Crippen LogP) is 5.86. The van der Waals surface area contributed by atoms with Crippen molar-refractivity contribution in [2.24, 2.45) is 0 Å². The van der Waals surface area contributed by atoms with E-state index in [-0.39, 0.29) is 11.8 Å². The number of rotatable bonds is 8. The average Bonchev–Trinajstić information content (AvgIpc) is 3.59. The number of carbonyl (C=O) groups excluding carboxylic acids is 1. The van der Waals surface area contributed by atoms with Crippen molar-refractivity contribution in [1.82, 2.24) is 9.47 Å². The van der Waals surface area contributed by atoms with Crippen LogP contribution in [0.25, 0.3) is 0 Å².